The summed E-state index contributed by atoms with van der Waals surface area (Å²) >= 11 is 0. The molecule has 12 heteroatoms. The summed E-state index contributed by atoms with van der Waals surface area (Å²) in [7, 11) is 1.68. The predicted molar refractivity (Wildman–Crippen MR) is 166 cm³/mol. The second-order valence-corrected chi connectivity index (χ2v) is 11.0. The van der Waals surface area contributed by atoms with Gasteiger partial charge in [0, 0.05) is 61.9 Å². The smallest absolute Gasteiger partial charge is 0.227 e. The fourth-order valence-corrected chi connectivity index (χ4v) is 5.81. The molecule has 2 aliphatic rings. The van der Waals surface area contributed by atoms with Gasteiger partial charge < -0.3 is 24.4 Å². The third-order valence-electron chi connectivity index (χ3n) is 8.15. The Kier molecular flexibility index (Phi) is 9.14. The summed E-state index contributed by atoms with van der Waals surface area (Å²) in [6, 6.07) is 14.5. The number of methoxy groups -OCH3 is 1. The number of benzene rings is 2. The van der Waals surface area contributed by atoms with Crippen LogP contribution in [0.5, 0.6) is 11.5 Å². The summed E-state index contributed by atoms with van der Waals surface area (Å²) in [6.45, 7) is 8.23. The molecule has 6 rings (SSSR count). The molecule has 2 aromatic heterocycles. The quantitative estimate of drug-likeness (QED) is 0.284. The summed E-state index contributed by atoms with van der Waals surface area (Å²) < 4.78 is 19.1. The van der Waals surface area contributed by atoms with E-state index in [9.17, 15) is 5.26 Å². The molecule has 4 aromatic rings. The molecule has 0 bridgehead atoms. The van der Waals surface area contributed by atoms with Crippen LogP contribution in [0.1, 0.15) is 25.3 Å². The number of morpholine rings is 1. The van der Waals surface area contributed by atoms with Gasteiger partial charge in [-0.25, -0.2) is 19.6 Å². The minimum atomic E-state index is -0.217. The highest BCUT2D eigenvalue weighted by molar-refractivity contribution is 5.70. The van der Waals surface area contributed by atoms with Crippen LogP contribution in [0.15, 0.2) is 61.4 Å². The molecule has 2 saturated heterocycles. The first kappa shape index (κ1) is 29.3. The number of hydrogen-bond acceptors (Lipinski definition) is 11. The zero-order valence-corrected chi connectivity index (χ0v) is 25.1. The third-order valence-corrected chi connectivity index (χ3v) is 8.15. The van der Waals surface area contributed by atoms with Crippen molar-refractivity contribution in [2.24, 2.45) is 0 Å². The molecule has 2 aliphatic heterocycles. The Morgan fingerprint density at radius 3 is 2.52 bits per heavy atom. The van der Waals surface area contributed by atoms with Crippen molar-refractivity contribution in [3.63, 3.8) is 0 Å². The van der Waals surface area contributed by atoms with E-state index in [0.717, 1.165) is 80.5 Å². The summed E-state index contributed by atoms with van der Waals surface area (Å²) in [5, 5.41) is 17.0. The van der Waals surface area contributed by atoms with E-state index >= 15 is 0 Å². The Labute approximate surface area is 257 Å². The molecule has 0 aliphatic carbocycles. The van der Waals surface area contributed by atoms with Crippen LogP contribution >= 0.6 is 0 Å². The van der Waals surface area contributed by atoms with E-state index in [4.69, 9.17) is 14.2 Å². The number of hydrogen-bond donors (Lipinski definition) is 1. The topological polar surface area (TPSA) is 126 Å². The summed E-state index contributed by atoms with van der Waals surface area (Å²) in [5.41, 5.74) is 4.05. The van der Waals surface area contributed by atoms with Gasteiger partial charge in [-0.15, -0.1) is 0 Å². The van der Waals surface area contributed by atoms with Crippen molar-refractivity contribution in [3.8, 4) is 28.7 Å². The molecule has 0 amide bonds. The molecule has 44 heavy (non-hydrogen) atoms. The van der Waals surface area contributed by atoms with Crippen LogP contribution in [0.3, 0.4) is 0 Å². The number of piperidine rings is 1. The lowest BCUT2D eigenvalue weighted by Gasteiger charge is -2.40. The molecule has 0 saturated carbocycles. The molecular formula is C32H37N9O3. The van der Waals surface area contributed by atoms with E-state index in [-0.39, 0.29) is 6.10 Å². The highest BCUT2D eigenvalue weighted by Gasteiger charge is 2.26. The van der Waals surface area contributed by atoms with E-state index in [0.29, 0.717) is 29.8 Å². The average molecular weight is 596 g/mol. The van der Waals surface area contributed by atoms with Crippen molar-refractivity contribution in [2.45, 2.75) is 38.5 Å². The van der Waals surface area contributed by atoms with Crippen molar-refractivity contribution in [1.29, 1.82) is 5.26 Å². The molecular weight excluding hydrogens is 558 g/mol. The molecule has 1 atom stereocenters. The van der Waals surface area contributed by atoms with Gasteiger partial charge >= 0.3 is 0 Å². The molecule has 2 fully saturated rings. The molecule has 0 spiro atoms. The molecule has 0 unspecified atom stereocenters. The Hall–Kier alpha value is -4.73. The highest BCUT2D eigenvalue weighted by atomic mass is 16.5. The number of anilines is 3. The second-order valence-electron chi connectivity index (χ2n) is 11.0. The van der Waals surface area contributed by atoms with Crippen molar-refractivity contribution in [1.82, 2.24) is 29.6 Å². The predicted octanol–water partition coefficient (Wildman–Crippen LogP) is 4.13. The maximum absolute atomic E-state index is 9.61. The van der Waals surface area contributed by atoms with Gasteiger partial charge in [0.05, 0.1) is 38.1 Å². The van der Waals surface area contributed by atoms with Crippen molar-refractivity contribution >= 4 is 17.3 Å². The van der Waals surface area contributed by atoms with E-state index in [1.54, 1.807) is 36.6 Å². The molecule has 228 valence electrons. The maximum atomic E-state index is 9.61. The van der Waals surface area contributed by atoms with Crippen LogP contribution in [0.25, 0.3) is 11.1 Å². The molecule has 12 nitrogen and oxygen atoms in total. The van der Waals surface area contributed by atoms with Crippen molar-refractivity contribution in [2.75, 3.05) is 56.7 Å². The van der Waals surface area contributed by atoms with Gasteiger partial charge in [0.1, 0.15) is 36.3 Å². The SMILES string of the molecule is COc1cc(N2CCC(N3CCOCC3)CC2)ccc1Nc1ncc(-c2ccc(C#N)c(O[C@@H](C)Cn3cncn3)c2)cn1. The van der Waals surface area contributed by atoms with E-state index < -0.39 is 0 Å². The fourth-order valence-electron chi connectivity index (χ4n) is 5.81. The van der Waals surface area contributed by atoms with Gasteiger partial charge in [0.2, 0.25) is 5.95 Å². The Morgan fingerprint density at radius 1 is 1.02 bits per heavy atom. The Bertz CT molecular complexity index is 1560. The van der Waals surface area contributed by atoms with Gasteiger partial charge in [-0.1, -0.05) is 6.07 Å². The number of ether oxygens (including phenoxy) is 3. The highest BCUT2D eigenvalue weighted by Crippen LogP contribution is 2.33. The van der Waals surface area contributed by atoms with Gasteiger partial charge in [0.15, 0.2) is 0 Å². The number of nitrogens with zero attached hydrogens (tertiary/aromatic N) is 8. The number of nitriles is 1. The van der Waals surface area contributed by atoms with Gasteiger partial charge in [-0.05, 0) is 49.6 Å². The monoisotopic (exact) mass is 595 g/mol. The van der Waals surface area contributed by atoms with Crippen LogP contribution in [-0.2, 0) is 11.3 Å². The zero-order valence-electron chi connectivity index (χ0n) is 25.1. The summed E-state index contributed by atoms with van der Waals surface area (Å²) in [6.07, 6.45) is 8.70. The lowest BCUT2D eigenvalue weighted by atomic mass is 10.0. The van der Waals surface area contributed by atoms with Crippen LogP contribution in [0.2, 0.25) is 0 Å². The first-order chi connectivity index (χ1) is 21.6. The summed E-state index contributed by atoms with van der Waals surface area (Å²) in [4.78, 5) is 18.1. The van der Waals surface area contributed by atoms with Crippen LogP contribution in [-0.4, -0.2) is 88.3 Å². The Morgan fingerprint density at radius 2 is 1.82 bits per heavy atom. The van der Waals surface area contributed by atoms with E-state index in [2.05, 4.69) is 53.4 Å². The van der Waals surface area contributed by atoms with Crippen LogP contribution < -0.4 is 19.7 Å². The largest absolute Gasteiger partial charge is 0.494 e. The maximum Gasteiger partial charge on any atom is 0.227 e. The minimum Gasteiger partial charge on any atom is -0.494 e. The molecule has 0 radical (unpaired) electrons. The van der Waals surface area contributed by atoms with E-state index in [1.807, 2.05) is 25.1 Å². The number of aromatic nitrogens is 5. The Balaban J connectivity index is 1.10. The van der Waals surface area contributed by atoms with E-state index in [1.165, 1.54) is 6.33 Å². The second kappa shape index (κ2) is 13.7. The fraction of sp³-hybridized carbons (Fsp3) is 0.406. The first-order valence-electron chi connectivity index (χ1n) is 15.0. The van der Waals surface area contributed by atoms with Crippen LogP contribution in [0, 0.1) is 11.3 Å². The van der Waals surface area contributed by atoms with Crippen LogP contribution in [0.4, 0.5) is 17.3 Å². The lowest BCUT2D eigenvalue weighted by molar-refractivity contribution is 0.0115. The minimum absolute atomic E-state index is 0.217. The lowest BCUT2D eigenvalue weighted by Crippen LogP contribution is -2.49. The van der Waals surface area contributed by atoms with Crippen molar-refractivity contribution in [3.05, 3.63) is 67.0 Å². The van der Waals surface area contributed by atoms with Gasteiger partial charge in [0.25, 0.3) is 0 Å². The standard InChI is InChI=1S/C32H37N9O3/c1-23(20-41-22-34-21-37-41)44-30-15-24(3-4-25(30)17-33)26-18-35-32(36-19-26)38-29-6-5-28(16-31(29)42-2)39-9-7-27(8-10-39)40-11-13-43-14-12-40/h3-6,15-16,18-19,21-23,27H,7-14,20H2,1-2H3,(H,35,36,38)/t23-/m0/s1. The molecule has 4 heterocycles. The third kappa shape index (κ3) is 6.90. The van der Waals surface area contributed by atoms with Gasteiger partial charge in [-0.3, -0.25) is 4.90 Å². The zero-order chi connectivity index (χ0) is 30.3. The number of nitrogens with one attached hydrogen (secondary N) is 1. The number of rotatable bonds is 10. The van der Waals surface area contributed by atoms with Gasteiger partial charge in [-0.2, -0.15) is 10.4 Å². The molecule has 2 aromatic carbocycles. The summed E-state index contributed by atoms with van der Waals surface area (Å²) in [5.74, 6) is 1.69. The first-order valence-corrected chi connectivity index (χ1v) is 15.0. The normalized spacial score (nSPS) is 16.7. The van der Waals surface area contributed by atoms with Crippen molar-refractivity contribution < 1.29 is 14.2 Å². The average Bonchev–Trinajstić information content (AvgIpc) is 3.58. The molecule has 1 N–H and O–H groups in total.